The van der Waals surface area contributed by atoms with Crippen LogP contribution < -0.4 is 5.32 Å². The fourth-order valence-corrected chi connectivity index (χ4v) is 4.32. The first kappa shape index (κ1) is 23.3. The van der Waals surface area contributed by atoms with E-state index in [0.29, 0.717) is 19.5 Å². The molecule has 0 bridgehead atoms. The Morgan fingerprint density at radius 1 is 1.06 bits per heavy atom. The van der Waals surface area contributed by atoms with E-state index in [2.05, 4.69) is 29.6 Å². The van der Waals surface area contributed by atoms with Crippen molar-refractivity contribution in [2.45, 2.75) is 45.1 Å². The van der Waals surface area contributed by atoms with Crippen molar-refractivity contribution in [1.82, 2.24) is 10.2 Å². The minimum atomic E-state index is -0.930. The van der Waals surface area contributed by atoms with E-state index in [-0.39, 0.29) is 37.3 Å². The van der Waals surface area contributed by atoms with Gasteiger partial charge in [0.2, 0.25) is 5.91 Å². The number of alkyl carbamates (subject to hydrolysis) is 1. The van der Waals surface area contributed by atoms with Crippen molar-refractivity contribution < 1.29 is 24.2 Å². The average molecular weight is 439 g/mol. The Hall–Kier alpha value is -3.35. The number of carboxylic acid groups (broad SMARTS) is 1. The maximum Gasteiger partial charge on any atom is 0.407 e. The van der Waals surface area contributed by atoms with Crippen LogP contribution in [0.2, 0.25) is 0 Å². The van der Waals surface area contributed by atoms with Gasteiger partial charge in [-0.1, -0.05) is 48.5 Å². The second-order valence-electron chi connectivity index (χ2n) is 7.98. The first-order chi connectivity index (χ1) is 15.4. The van der Waals surface area contributed by atoms with Gasteiger partial charge in [0.1, 0.15) is 6.61 Å². The second-order valence-corrected chi connectivity index (χ2v) is 7.98. The molecule has 0 spiro atoms. The molecule has 2 aromatic carbocycles. The van der Waals surface area contributed by atoms with Gasteiger partial charge < -0.3 is 20.1 Å². The van der Waals surface area contributed by atoms with Crippen LogP contribution in [0.4, 0.5) is 4.79 Å². The lowest BCUT2D eigenvalue weighted by Crippen LogP contribution is -2.40. The molecule has 0 saturated carbocycles. The van der Waals surface area contributed by atoms with Gasteiger partial charge in [0, 0.05) is 31.5 Å². The number of fused-ring (bicyclic) bond motifs is 3. The lowest BCUT2D eigenvalue weighted by Gasteiger charge is -2.27. The molecule has 0 aromatic heterocycles. The number of nitrogens with zero attached hydrogens (tertiary/aromatic N) is 1. The van der Waals surface area contributed by atoms with Gasteiger partial charge in [0.05, 0.1) is 6.42 Å². The fraction of sp³-hybridized carbons (Fsp3) is 0.400. The molecule has 0 fully saturated rings. The van der Waals surface area contributed by atoms with E-state index < -0.39 is 12.1 Å². The fourth-order valence-electron chi connectivity index (χ4n) is 4.32. The number of carboxylic acids is 1. The maximum atomic E-state index is 12.4. The van der Waals surface area contributed by atoms with Crippen LogP contribution in [0.25, 0.3) is 11.1 Å². The molecule has 7 heteroatoms. The zero-order chi connectivity index (χ0) is 23.1. The van der Waals surface area contributed by atoms with Gasteiger partial charge in [-0.25, -0.2) is 4.79 Å². The summed E-state index contributed by atoms with van der Waals surface area (Å²) in [5, 5.41) is 11.6. The number of aliphatic carboxylic acids is 1. The Labute approximate surface area is 188 Å². The SMILES string of the molecule is CCN(C(=O)CCCNC(=O)OCC1c2ccccc2-c2ccccc21)C(C)CC(=O)O. The predicted molar refractivity (Wildman–Crippen MR) is 121 cm³/mol. The Bertz CT molecular complexity index is 929. The lowest BCUT2D eigenvalue weighted by atomic mass is 9.98. The number of benzene rings is 2. The number of carbonyl (C=O) groups is 3. The van der Waals surface area contributed by atoms with E-state index in [0.717, 1.165) is 11.1 Å². The molecule has 2 aromatic rings. The minimum Gasteiger partial charge on any atom is -0.481 e. The highest BCUT2D eigenvalue weighted by molar-refractivity contribution is 5.79. The Morgan fingerprint density at radius 2 is 1.66 bits per heavy atom. The van der Waals surface area contributed by atoms with Gasteiger partial charge in [-0.15, -0.1) is 0 Å². The molecular weight excluding hydrogens is 408 g/mol. The van der Waals surface area contributed by atoms with Crippen molar-refractivity contribution in [3.05, 3.63) is 59.7 Å². The second kappa shape index (κ2) is 10.8. The van der Waals surface area contributed by atoms with Gasteiger partial charge in [0.15, 0.2) is 0 Å². The molecule has 0 radical (unpaired) electrons. The molecule has 170 valence electrons. The van der Waals surface area contributed by atoms with Crippen LogP contribution in [-0.4, -0.2) is 53.7 Å². The van der Waals surface area contributed by atoms with Gasteiger partial charge in [-0.3, -0.25) is 9.59 Å². The molecule has 0 heterocycles. The van der Waals surface area contributed by atoms with Crippen LogP contribution in [0, 0.1) is 0 Å². The van der Waals surface area contributed by atoms with Gasteiger partial charge >= 0.3 is 12.1 Å². The predicted octanol–water partition coefficient (Wildman–Crippen LogP) is 4.02. The van der Waals surface area contributed by atoms with Crippen molar-refractivity contribution in [3.8, 4) is 11.1 Å². The van der Waals surface area contributed by atoms with Crippen molar-refractivity contribution in [2.24, 2.45) is 0 Å². The summed E-state index contributed by atoms with van der Waals surface area (Å²) in [6.07, 6.45) is 0.101. The molecule has 0 saturated heterocycles. The molecule has 1 unspecified atom stereocenters. The Balaban J connectivity index is 1.44. The van der Waals surface area contributed by atoms with Crippen LogP contribution in [0.5, 0.6) is 0 Å². The molecule has 2 N–H and O–H groups in total. The summed E-state index contributed by atoms with van der Waals surface area (Å²) in [6.45, 7) is 4.56. The quantitative estimate of drug-likeness (QED) is 0.546. The van der Waals surface area contributed by atoms with E-state index in [1.165, 1.54) is 11.1 Å². The average Bonchev–Trinajstić information content (AvgIpc) is 3.09. The highest BCUT2D eigenvalue weighted by atomic mass is 16.5. The molecule has 1 aliphatic carbocycles. The largest absolute Gasteiger partial charge is 0.481 e. The third-order valence-corrected chi connectivity index (χ3v) is 5.84. The number of rotatable bonds is 10. The van der Waals surface area contributed by atoms with Gasteiger partial charge in [-0.2, -0.15) is 0 Å². The molecule has 32 heavy (non-hydrogen) atoms. The molecule has 7 nitrogen and oxygen atoms in total. The van der Waals surface area contributed by atoms with E-state index in [1.807, 2.05) is 31.2 Å². The van der Waals surface area contributed by atoms with E-state index in [1.54, 1.807) is 11.8 Å². The molecular formula is C25H30N2O5. The number of nitrogens with one attached hydrogen (secondary N) is 1. The van der Waals surface area contributed by atoms with Crippen LogP contribution in [0.3, 0.4) is 0 Å². The van der Waals surface area contributed by atoms with E-state index in [4.69, 9.17) is 9.84 Å². The smallest absolute Gasteiger partial charge is 0.407 e. The standard InChI is InChI=1S/C25H30N2O5/c1-3-27(17(2)15-24(29)30)23(28)13-8-14-26-25(31)32-16-22-20-11-6-4-9-18(20)19-10-5-7-12-21(19)22/h4-7,9-12,17,22H,3,8,13-16H2,1-2H3,(H,26,31)(H,29,30). The molecule has 1 aliphatic rings. The Morgan fingerprint density at radius 3 is 2.22 bits per heavy atom. The van der Waals surface area contributed by atoms with Gasteiger partial charge in [-0.05, 0) is 42.5 Å². The van der Waals surface area contributed by atoms with Crippen molar-refractivity contribution in [2.75, 3.05) is 19.7 Å². The van der Waals surface area contributed by atoms with Crippen LogP contribution in [-0.2, 0) is 14.3 Å². The summed E-state index contributed by atoms with van der Waals surface area (Å²) < 4.78 is 5.49. The topological polar surface area (TPSA) is 95.9 Å². The summed E-state index contributed by atoms with van der Waals surface area (Å²) in [5.74, 6) is -1.04. The first-order valence-electron chi connectivity index (χ1n) is 11.0. The maximum absolute atomic E-state index is 12.4. The van der Waals surface area contributed by atoms with E-state index in [9.17, 15) is 14.4 Å². The summed E-state index contributed by atoms with van der Waals surface area (Å²) in [5.41, 5.74) is 4.66. The third-order valence-electron chi connectivity index (χ3n) is 5.84. The lowest BCUT2D eigenvalue weighted by molar-refractivity contribution is -0.140. The Kier molecular flexibility index (Phi) is 7.87. The highest BCUT2D eigenvalue weighted by Crippen LogP contribution is 2.44. The molecule has 2 amide bonds. The number of hydrogen-bond donors (Lipinski definition) is 2. The highest BCUT2D eigenvalue weighted by Gasteiger charge is 2.29. The number of amides is 2. The third kappa shape index (κ3) is 5.46. The zero-order valence-electron chi connectivity index (χ0n) is 18.5. The van der Waals surface area contributed by atoms with Crippen molar-refractivity contribution in [3.63, 3.8) is 0 Å². The van der Waals surface area contributed by atoms with Crippen molar-refractivity contribution >= 4 is 18.0 Å². The number of carbonyl (C=O) groups excluding carboxylic acids is 2. The minimum absolute atomic E-state index is 0.00330. The summed E-state index contributed by atoms with van der Waals surface area (Å²) in [7, 11) is 0. The van der Waals surface area contributed by atoms with E-state index >= 15 is 0 Å². The summed E-state index contributed by atoms with van der Waals surface area (Å²) >= 11 is 0. The van der Waals surface area contributed by atoms with Crippen LogP contribution >= 0.6 is 0 Å². The summed E-state index contributed by atoms with van der Waals surface area (Å²) in [6, 6.07) is 15.9. The zero-order valence-corrected chi connectivity index (χ0v) is 18.5. The number of hydrogen-bond acceptors (Lipinski definition) is 4. The molecule has 1 atom stereocenters. The number of ether oxygens (including phenoxy) is 1. The molecule has 0 aliphatic heterocycles. The van der Waals surface area contributed by atoms with Crippen molar-refractivity contribution in [1.29, 1.82) is 0 Å². The first-order valence-corrected chi connectivity index (χ1v) is 11.0. The molecule has 3 rings (SSSR count). The van der Waals surface area contributed by atoms with Crippen LogP contribution in [0.1, 0.15) is 50.2 Å². The normalized spacial score (nSPS) is 13.1. The summed E-state index contributed by atoms with van der Waals surface area (Å²) in [4.78, 5) is 37.0. The van der Waals surface area contributed by atoms with Gasteiger partial charge in [0.25, 0.3) is 0 Å². The monoisotopic (exact) mass is 438 g/mol. The van der Waals surface area contributed by atoms with Crippen LogP contribution in [0.15, 0.2) is 48.5 Å².